The highest BCUT2D eigenvalue weighted by Gasteiger charge is 2.15. The number of halogens is 1. The molecule has 0 amide bonds. The largest absolute Gasteiger partial charge is 0.469 e. The van der Waals surface area contributed by atoms with E-state index in [1.54, 1.807) is 6.26 Å². The molecule has 1 N–H and O–H groups in total. The zero-order valence-electron chi connectivity index (χ0n) is 12.2. The standard InChI is InChI=1S/C15H20IN3O/c1-4-6-12-13(16)15(17-8-5-2)19-14(18-12)11-7-9-20-10(11)3/h7,9H,4-6,8H2,1-3H3,(H,17,18,19). The summed E-state index contributed by atoms with van der Waals surface area (Å²) >= 11 is 2.34. The molecule has 0 bridgehead atoms. The van der Waals surface area contributed by atoms with Gasteiger partial charge in [-0.2, -0.15) is 0 Å². The van der Waals surface area contributed by atoms with Crippen LogP contribution in [0.15, 0.2) is 16.7 Å². The van der Waals surface area contributed by atoms with Crippen molar-refractivity contribution in [2.75, 3.05) is 11.9 Å². The van der Waals surface area contributed by atoms with Crippen LogP contribution in [0.4, 0.5) is 5.82 Å². The van der Waals surface area contributed by atoms with Crippen LogP contribution >= 0.6 is 22.6 Å². The third kappa shape index (κ3) is 3.31. The molecule has 2 rings (SSSR count). The first kappa shape index (κ1) is 15.3. The number of anilines is 1. The fraction of sp³-hybridized carbons (Fsp3) is 0.467. The van der Waals surface area contributed by atoms with Gasteiger partial charge < -0.3 is 9.73 Å². The van der Waals surface area contributed by atoms with Crippen molar-refractivity contribution >= 4 is 28.4 Å². The first-order valence-electron chi connectivity index (χ1n) is 7.02. The molecule has 0 aromatic carbocycles. The van der Waals surface area contributed by atoms with Crippen LogP contribution in [0.1, 0.15) is 38.1 Å². The zero-order chi connectivity index (χ0) is 14.5. The average Bonchev–Trinajstić information content (AvgIpc) is 2.86. The number of nitrogens with zero attached hydrogens (tertiary/aromatic N) is 2. The zero-order valence-corrected chi connectivity index (χ0v) is 14.3. The van der Waals surface area contributed by atoms with Gasteiger partial charge in [-0.25, -0.2) is 9.97 Å². The Labute approximate surface area is 133 Å². The number of hydrogen-bond acceptors (Lipinski definition) is 4. The summed E-state index contributed by atoms with van der Waals surface area (Å²) in [5.74, 6) is 2.54. The fourth-order valence-electron chi connectivity index (χ4n) is 1.99. The number of aromatic nitrogens is 2. The van der Waals surface area contributed by atoms with E-state index in [0.29, 0.717) is 0 Å². The minimum atomic E-state index is 0.749. The molecule has 4 nitrogen and oxygen atoms in total. The maximum Gasteiger partial charge on any atom is 0.165 e. The molecule has 2 aromatic heterocycles. The van der Waals surface area contributed by atoms with E-state index in [1.807, 2.05) is 13.0 Å². The highest BCUT2D eigenvalue weighted by Crippen LogP contribution is 2.27. The van der Waals surface area contributed by atoms with Crippen molar-refractivity contribution < 1.29 is 4.42 Å². The third-order valence-corrected chi connectivity index (χ3v) is 4.18. The highest BCUT2D eigenvalue weighted by molar-refractivity contribution is 14.1. The maximum absolute atomic E-state index is 5.37. The van der Waals surface area contributed by atoms with E-state index in [4.69, 9.17) is 9.40 Å². The Hall–Kier alpha value is -1.11. The molecular formula is C15H20IN3O. The Bertz CT molecular complexity index is 580. The number of aryl methyl sites for hydroxylation is 2. The normalized spacial score (nSPS) is 10.8. The molecule has 2 aromatic rings. The molecule has 108 valence electrons. The maximum atomic E-state index is 5.37. The summed E-state index contributed by atoms with van der Waals surface area (Å²) in [6, 6.07) is 1.93. The molecule has 0 atom stereocenters. The smallest absolute Gasteiger partial charge is 0.165 e. The van der Waals surface area contributed by atoms with Crippen molar-refractivity contribution in [1.82, 2.24) is 9.97 Å². The summed E-state index contributed by atoms with van der Waals surface area (Å²) in [5.41, 5.74) is 2.08. The van der Waals surface area contributed by atoms with Crippen LogP contribution in [-0.4, -0.2) is 16.5 Å². The quantitative estimate of drug-likeness (QED) is 0.748. The molecule has 0 saturated heterocycles. The summed E-state index contributed by atoms with van der Waals surface area (Å²) in [4.78, 5) is 9.38. The molecule has 0 aliphatic heterocycles. The third-order valence-electron chi connectivity index (χ3n) is 3.05. The van der Waals surface area contributed by atoms with E-state index in [9.17, 15) is 0 Å². The topological polar surface area (TPSA) is 51.0 Å². The van der Waals surface area contributed by atoms with Gasteiger partial charge >= 0.3 is 0 Å². The molecule has 0 aliphatic rings. The van der Waals surface area contributed by atoms with E-state index in [2.05, 4.69) is 46.7 Å². The van der Waals surface area contributed by atoms with Crippen molar-refractivity contribution in [2.24, 2.45) is 0 Å². The molecular weight excluding hydrogens is 365 g/mol. The molecule has 0 saturated carbocycles. The van der Waals surface area contributed by atoms with E-state index in [1.165, 1.54) is 0 Å². The minimum absolute atomic E-state index is 0.749. The highest BCUT2D eigenvalue weighted by atomic mass is 127. The second-order valence-corrected chi connectivity index (χ2v) is 5.80. The molecule has 20 heavy (non-hydrogen) atoms. The Balaban J connectivity index is 2.46. The fourth-order valence-corrected chi connectivity index (χ4v) is 2.70. The first-order valence-corrected chi connectivity index (χ1v) is 8.10. The summed E-state index contributed by atoms with van der Waals surface area (Å²) in [7, 11) is 0. The number of hydrogen-bond donors (Lipinski definition) is 1. The summed E-state index contributed by atoms with van der Waals surface area (Å²) in [5, 5.41) is 3.39. The van der Waals surface area contributed by atoms with Gasteiger partial charge in [0.05, 0.1) is 21.1 Å². The summed E-state index contributed by atoms with van der Waals surface area (Å²) in [6.45, 7) is 7.17. The van der Waals surface area contributed by atoms with Gasteiger partial charge in [-0.05, 0) is 48.4 Å². The van der Waals surface area contributed by atoms with Gasteiger partial charge in [0.2, 0.25) is 0 Å². The molecule has 0 spiro atoms. The van der Waals surface area contributed by atoms with Crippen molar-refractivity contribution in [1.29, 1.82) is 0 Å². The molecule has 0 aliphatic carbocycles. The number of rotatable bonds is 6. The van der Waals surface area contributed by atoms with Gasteiger partial charge in [0.1, 0.15) is 11.6 Å². The Morgan fingerprint density at radius 3 is 2.65 bits per heavy atom. The number of furan rings is 1. The Morgan fingerprint density at radius 1 is 1.25 bits per heavy atom. The molecule has 5 heteroatoms. The predicted molar refractivity (Wildman–Crippen MR) is 90.0 cm³/mol. The van der Waals surface area contributed by atoms with Crippen LogP contribution in [0.3, 0.4) is 0 Å². The summed E-state index contributed by atoms with van der Waals surface area (Å²) in [6.07, 6.45) is 4.80. The lowest BCUT2D eigenvalue weighted by molar-refractivity contribution is 0.535. The van der Waals surface area contributed by atoms with E-state index < -0.39 is 0 Å². The second kappa shape index (κ2) is 7.06. The molecule has 0 radical (unpaired) electrons. The monoisotopic (exact) mass is 385 g/mol. The molecule has 2 heterocycles. The van der Waals surface area contributed by atoms with Gasteiger partial charge in [-0.3, -0.25) is 0 Å². The van der Waals surface area contributed by atoms with Crippen molar-refractivity contribution in [3.05, 3.63) is 27.4 Å². The lowest BCUT2D eigenvalue weighted by atomic mass is 10.2. The van der Waals surface area contributed by atoms with Crippen LogP contribution in [0, 0.1) is 10.5 Å². The van der Waals surface area contributed by atoms with E-state index in [-0.39, 0.29) is 0 Å². The van der Waals surface area contributed by atoms with Crippen LogP contribution in [0.2, 0.25) is 0 Å². The van der Waals surface area contributed by atoms with Crippen LogP contribution < -0.4 is 5.32 Å². The van der Waals surface area contributed by atoms with Crippen LogP contribution in [0.25, 0.3) is 11.4 Å². The van der Waals surface area contributed by atoms with Crippen LogP contribution in [0.5, 0.6) is 0 Å². The van der Waals surface area contributed by atoms with Gasteiger partial charge in [0, 0.05) is 6.54 Å². The van der Waals surface area contributed by atoms with Crippen molar-refractivity contribution in [3.63, 3.8) is 0 Å². The first-order chi connectivity index (χ1) is 9.67. The summed E-state index contributed by atoms with van der Waals surface area (Å²) < 4.78 is 6.50. The van der Waals surface area contributed by atoms with Gasteiger partial charge in [0.25, 0.3) is 0 Å². The molecule has 0 unspecified atom stereocenters. The lowest BCUT2D eigenvalue weighted by Crippen LogP contribution is -2.09. The van der Waals surface area contributed by atoms with Crippen LogP contribution in [-0.2, 0) is 6.42 Å². The van der Waals surface area contributed by atoms with Crippen molar-refractivity contribution in [2.45, 2.75) is 40.0 Å². The number of nitrogens with one attached hydrogen (secondary N) is 1. The van der Waals surface area contributed by atoms with E-state index >= 15 is 0 Å². The van der Waals surface area contributed by atoms with Gasteiger partial charge in [-0.15, -0.1) is 0 Å². The SMILES string of the molecule is CCCNc1nc(-c2ccoc2C)nc(CCC)c1I. The molecule has 0 fully saturated rings. The Morgan fingerprint density at radius 2 is 2.05 bits per heavy atom. The Kier molecular flexibility index (Phi) is 5.39. The average molecular weight is 385 g/mol. The van der Waals surface area contributed by atoms with Gasteiger partial charge in [-0.1, -0.05) is 20.3 Å². The van der Waals surface area contributed by atoms with E-state index in [0.717, 1.165) is 58.0 Å². The van der Waals surface area contributed by atoms with Gasteiger partial charge in [0.15, 0.2) is 5.82 Å². The minimum Gasteiger partial charge on any atom is -0.469 e. The predicted octanol–water partition coefficient (Wildman–Crippen LogP) is 4.42. The lowest BCUT2D eigenvalue weighted by Gasteiger charge is -2.12. The second-order valence-electron chi connectivity index (χ2n) is 4.72. The van der Waals surface area contributed by atoms with Crippen molar-refractivity contribution in [3.8, 4) is 11.4 Å².